The number of carbonyl (C=O) groups is 4. The third kappa shape index (κ3) is 11.1. The van der Waals surface area contributed by atoms with Crippen LogP contribution in [-0.2, 0) is 28.3 Å². The third-order valence-electron chi connectivity index (χ3n) is 3.41. The van der Waals surface area contributed by atoms with E-state index in [0.717, 1.165) is 0 Å². The number of phosphoric acid groups is 1. The van der Waals surface area contributed by atoms with Crippen molar-refractivity contribution in [2.75, 3.05) is 26.3 Å². The maximum Gasteiger partial charge on any atom is 0.469 e. The van der Waals surface area contributed by atoms with Crippen LogP contribution in [0, 0.1) is 0 Å². The van der Waals surface area contributed by atoms with Gasteiger partial charge in [-0.1, -0.05) is 24.8 Å². The van der Waals surface area contributed by atoms with E-state index in [0.29, 0.717) is 16.2 Å². The number of hydrogen-bond donors (Lipinski definition) is 4. The zero-order valence-electron chi connectivity index (χ0n) is 16.7. The van der Waals surface area contributed by atoms with Gasteiger partial charge in [-0.25, -0.2) is 14.2 Å². The van der Waals surface area contributed by atoms with Crippen molar-refractivity contribution in [3.63, 3.8) is 0 Å². The number of nitrogens with zero attached hydrogens (tertiary/aromatic N) is 1. The molecule has 1 aliphatic rings. The average molecular weight is 461 g/mol. The summed E-state index contributed by atoms with van der Waals surface area (Å²) in [7, 11) is -4.61. The topological polar surface area (TPSA) is 181 Å². The summed E-state index contributed by atoms with van der Waals surface area (Å²) in [6.07, 6.45) is 2.99. The van der Waals surface area contributed by atoms with E-state index in [4.69, 9.17) is 14.5 Å². The molecule has 1 aliphatic heterocycles. The summed E-state index contributed by atoms with van der Waals surface area (Å²) < 4.78 is 19.7. The number of carbonyl (C=O) groups excluding carboxylic acids is 4. The first-order chi connectivity index (χ1) is 14.5. The lowest BCUT2D eigenvalue weighted by molar-refractivity contribution is -0.171. The number of ether oxygens (including phenoxy) is 1. The van der Waals surface area contributed by atoms with Crippen molar-refractivity contribution >= 4 is 31.8 Å². The van der Waals surface area contributed by atoms with Crippen molar-refractivity contribution in [1.29, 1.82) is 0 Å². The molecule has 31 heavy (non-hydrogen) atoms. The first kappa shape index (κ1) is 26.0. The van der Waals surface area contributed by atoms with Crippen LogP contribution in [0.3, 0.4) is 0 Å². The Morgan fingerprint density at radius 1 is 1.19 bits per heavy atom. The van der Waals surface area contributed by atoms with Gasteiger partial charge in [-0.2, -0.15) is 0 Å². The van der Waals surface area contributed by atoms with Crippen LogP contribution in [0.2, 0.25) is 0 Å². The number of alkyl carbamates (subject to hydrolysis) is 1. The second kappa shape index (κ2) is 12.6. The molecule has 4 N–H and O–H groups in total. The van der Waals surface area contributed by atoms with E-state index in [9.17, 15) is 23.7 Å². The van der Waals surface area contributed by atoms with E-state index < -0.39 is 38.4 Å². The highest BCUT2D eigenvalue weighted by atomic mass is 31.2. The Kier molecular flexibility index (Phi) is 10.6. The van der Waals surface area contributed by atoms with E-state index in [1.54, 1.807) is 19.1 Å². The molecule has 0 aromatic rings. The fourth-order valence-electron chi connectivity index (χ4n) is 2.14. The highest BCUT2D eigenvalue weighted by Crippen LogP contribution is 2.35. The molecule has 0 spiro atoms. The summed E-state index contributed by atoms with van der Waals surface area (Å²) in [5, 5.41) is 5.00. The molecule has 4 amide bonds. The molecular weight excluding hydrogens is 437 g/mol. The minimum Gasteiger partial charge on any atom is -0.445 e. The molecule has 1 saturated heterocycles. The van der Waals surface area contributed by atoms with Crippen molar-refractivity contribution in [2.24, 2.45) is 0 Å². The van der Waals surface area contributed by atoms with Gasteiger partial charge in [0.05, 0.1) is 6.61 Å². The van der Waals surface area contributed by atoms with Crippen LogP contribution >= 0.6 is 7.82 Å². The van der Waals surface area contributed by atoms with Gasteiger partial charge in [0.1, 0.15) is 6.61 Å². The number of imide groups is 1. The van der Waals surface area contributed by atoms with Crippen LogP contribution in [-0.4, -0.2) is 65.2 Å². The van der Waals surface area contributed by atoms with Crippen molar-refractivity contribution in [3.05, 3.63) is 36.0 Å². The molecule has 0 bridgehead atoms. The lowest BCUT2D eigenvalue weighted by Gasteiger charge is -2.13. The molecule has 14 heteroatoms. The Labute approximate surface area is 177 Å². The number of hydroxylamine groups is 2. The Morgan fingerprint density at radius 3 is 2.42 bits per heavy atom. The number of rotatable bonds is 11. The zero-order valence-corrected chi connectivity index (χ0v) is 17.6. The maximum atomic E-state index is 11.7. The van der Waals surface area contributed by atoms with E-state index in [-0.39, 0.29) is 32.5 Å². The SMILES string of the molecule is C=C(/C=C(\C=C/C)COC(=O)NCCOP(=O)(O)O)CNC(=O)ON1C(=O)CCC1=O. The number of nitrogens with one attached hydrogen (secondary N) is 2. The first-order valence-electron chi connectivity index (χ1n) is 8.95. The van der Waals surface area contributed by atoms with Gasteiger partial charge in [0.25, 0.3) is 11.8 Å². The molecule has 172 valence electrons. The molecule has 0 saturated carbocycles. The predicted molar refractivity (Wildman–Crippen MR) is 105 cm³/mol. The maximum absolute atomic E-state index is 11.7. The first-order valence-corrected chi connectivity index (χ1v) is 10.5. The summed E-state index contributed by atoms with van der Waals surface area (Å²) in [5.41, 5.74) is 0.928. The van der Waals surface area contributed by atoms with Crippen LogP contribution in [0.4, 0.5) is 9.59 Å². The van der Waals surface area contributed by atoms with E-state index in [1.165, 1.54) is 6.08 Å². The summed E-state index contributed by atoms with van der Waals surface area (Å²) in [6, 6.07) is 0. The number of allylic oxidation sites excluding steroid dienone is 1. The largest absolute Gasteiger partial charge is 0.469 e. The van der Waals surface area contributed by atoms with Gasteiger partial charge in [-0.3, -0.25) is 14.1 Å². The van der Waals surface area contributed by atoms with E-state index in [2.05, 4.69) is 26.6 Å². The van der Waals surface area contributed by atoms with Crippen molar-refractivity contribution < 1.29 is 47.6 Å². The summed E-state index contributed by atoms with van der Waals surface area (Å²) in [4.78, 5) is 67.9. The Balaban J connectivity index is 2.42. The molecule has 0 aromatic carbocycles. The Morgan fingerprint density at radius 2 is 1.84 bits per heavy atom. The van der Waals surface area contributed by atoms with Crippen LogP contribution < -0.4 is 10.6 Å². The molecule has 0 aliphatic carbocycles. The quantitative estimate of drug-likeness (QED) is 0.148. The van der Waals surface area contributed by atoms with E-state index in [1.807, 2.05) is 0 Å². The summed E-state index contributed by atoms with van der Waals surface area (Å²) >= 11 is 0. The van der Waals surface area contributed by atoms with Crippen molar-refractivity contribution in [3.8, 4) is 0 Å². The third-order valence-corrected chi connectivity index (χ3v) is 3.93. The normalized spacial score (nSPS) is 14.7. The van der Waals surface area contributed by atoms with Crippen LogP contribution in [0.25, 0.3) is 0 Å². The molecule has 1 heterocycles. The van der Waals surface area contributed by atoms with Crippen LogP contribution in [0.1, 0.15) is 19.8 Å². The number of phosphoric ester groups is 1. The zero-order chi connectivity index (χ0) is 23.4. The highest BCUT2D eigenvalue weighted by molar-refractivity contribution is 7.46. The number of amides is 4. The molecule has 0 aromatic heterocycles. The van der Waals surface area contributed by atoms with Crippen molar-refractivity contribution in [2.45, 2.75) is 19.8 Å². The second-order valence-electron chi connectivity index (χ2n) is 6.02. The monoisotopic (exact) mass is 461 g/mol. The molecule has 1 rings (SSSR count). The summed E-state index contributed by atoms with van der Waals surface area (Å²) in [5.74, 6) is -1.20. The highest BCUT2D eigenvalue weighted by Gasteiger charge is 2.32. The minimum absolute atomic E-state index is 0.0153. The smallest absolute Gasteiger partial charge is 0.445 e. The lowest BCUT2D eigenvalue weighted by Crippen LogP contribution is -2.37. The van der Waals surface area contributed by atoms with Gasteiger partial charge >= 0.3 is 20.0 Å². The second-order valence-corrected chi connectivity index (χ2v) is 7.26. The molecule has 1 fully saturated rings. The van der Waals surface area contributed by atoms with Gasteiger partial charge in [0, 0.05) is 25.9 Å². The molecular formula is C17H24N3O10P. The predicted octanol–water partition coefficient (Wildman–Crippen LogP) is 0.671. The molecule has 0 atom stereocenters. The minimum atomic E-state index is -4.61. The number of hydrogen-bond acceptors (Lipinski definition) is 8. The van der Waals surface area contributed by atoms with Gasteiger partial charge in [0.15, 0.2) is 0 Å². The van der Waals surface area contributed by atoms with Crippen LogP contribution in [0.5, 0.6) is 0 Å². The Bertz CT molecular complexity index is 801. The summed E-state index contributed by atoms with van der Waals surface area (Å²) in [6.45, 7) is 4.68. The fourth-order valence-corrected chi connectivity index (χ4v) is 2.47. The average Bonchev–Trinajstić information content (AvgIpc) is 2.99. The fraction of sp³-hybridized carbons (Fsp3) is 0.412. The van der Waals surface area contributed by atoms with Gasteiger partial charge in [-0.05, 0) is 18.1 Å². The van der Waals surface area contributed by atoms with Gasteiger partial charge < -0.3 is 30.0 Å². The standard InChI is InChI=1S/C17H24N3O10P/c1-3-4-13(11-28-16(23)18-7-8-29-31(25,26)27)9-12(2)10-19-17(24)30-20-14(21)5-6-15(20)22/h3-4,9H,2,5-8,10-11H2,1H3,(H,18,23)(H,19,24)(H2,25,26,27)/b4-3-,13-9+. The van der Waals surface area contributed by atoms with Gasteiger partial charge in [-0.15, -0.1) is 5.06 Å². The lowest BCUT2D eigenvalue weighted by atomic mass is 10.1. The Hall–Kier alpha value is -2.99. The van der Waals surface area contributed by atoms with E-state index >= 15 is 0 Å². The molecule has 0 radical (unpaired) electrons. The van der Waals surface area contributed by atoms with Crippen molar-refractivity contribution in [1.82, 2.24) is 15.7 Å². The van der Waals surface area contributed by atoms with Gasteiger partial charge in [0.2, 0.25) is 0 Å². The molecule has 13 nitrogen and oxygen atoms in total. The van der Waals surface area contributed by atoms with Crippen LogP contribution in [0.15, 0.2) is 36.0 Å². The molecule has 0 unspecified atom stereocenters.